The number of hydrogen-bond donors (Lipinski definition) is 1. The molecule has 1 aromatic carbocycles. The summed E-state index contributed by atoms with van der Waals surface area (Å²) in [5.74, 6) is 0.889. The molecule has 0 amide bonds. The van der Waals surface area contributed by atoms with E-state index in [1.54, 1.807) is 11.3 Å². The van der Waals surface area contributed by atoms with Crippen molar-refractivity contribution in [2.24, 2.45) is 5.73 Å². The van der Waals surface area contributed by atoms with Crippen molar-refractivity contribution in [1.29, 1.82) is 0 Å². The SMILES string of the molecule is CN(C)CCOc1ccc(-c2csc(CN)n2)cc1. The molecule has 0 saturated carbocycles. The lowest BCUT2D eigenvalue weighted by atomic mass is 10.2. The van der Waals surface area contributed by atoms with Crippen LogP contribution >= 0.6 is 11.3 Å². The van der Waals surface area contributed by atoms with Gasteiger partial charge in [0.15, 0.2) is 0 Å². The molecule has 0 saturated heterocycles. The summed E-state index contributed by atoms with van der Waals surface area (Å²) in [6.45, 7) is 2.10. The van der Waals surface area contributed by atoms with Gasteiger partial charge >= 0.3 is 0 Å². The molecule has 2 aromatic rings. The fourth-order valence-corrected chi connectivity index (χ4v) is 2.29. The first-order valence-electron chi connectivity index (χ1n) is 6.21. The summed E-state index contributed by atoms with van der Waals surface area (Å²) in [5.41, 5.74) is 7.64. The van der Waals surface area contributed by atoms with Gasteiger partial charge in [-0.2, -0.15) is 0 Å². The Morgan fingerprint density at radius 3 is 2.58 bits per heavy atom. The molecule has 0 aliphatic carbocycles. The van der Waals surface area contributed by atoms with Gasteiger partial charge in [-0.3, -0.25) is 0 Å². The van der Waals surface area contributed by atoms with E-state index in [0.29, 0.717) is 13.2 Å². The molecule has 1 aromatic heterocycles. The van der Waals surface area contributed by atoms with Gasteiger partial charge in [0.2, 0.25) is 0 Å². The third-order valence-electron chi connectivity index (χ3n) is 2.68. The van der Waals surface area contributed by atoms with Crippen LogP contribution in [0.2, 0.25) is 0 Å². The van der Waals surface area contributed by atoms with Crippen molar-refractivity contribution in [3.8, 4) is 17.0 Å². The molecule has 0 unspecified atom stereocenters. The molecule has 0 aliphatic rings. The summed E-state index contributed by atoms with van der Waals surface area (Å²) in [5, 5.41) is 2.99. The molecule has 0 aliphatic heterocycles. The van der Waals surface area contributed by atoms with Crippen molar-refractivity contribution in [1.82, 2.24) is 9.88 Å². The van der Waals surface area contributed by atoms with Crippen LogP contribution < -0.4 is 10.5 Å². The second-order valence-electron chi connectivity index (χ2n) is 4.51. The monoisotopic (exact) mass is 277 g/mol. The van der Waals surface area contributed by atoms with E-state index in [1.165, 1.54) is 0 Å². The Hall–Kier alpha value is -1.43. The third-order valence-corrected chi connectivity index (χ3v) is 3.55. The van der Waals surface area contributed by atoms with Gasteiger partial charge in [-0.25, -0.2) is 4.98 Å². The lowest BCUT2D eigenvalue weighted by Crippen LogP contribution is -2.19. The zero-order chi connectivity index (χ0) is 13.7. The van der Waals surface area contributed by atoms with Crippen LogP contribution in [0.1, 0.15) is 5.01 Å². The summed E-state index contributed by atoms with van der Waals surface area (Å²) in [7, 11) is 4.06. The number of ether oxygens (including phenoxy) is 1. The van der Waals surface area contributed by atoms with E-state index in [0.717, 1.165) is 28.6 Å². The van der Waals surface area contributed by atoms with Gasteiger partial charge in [0.05, 0.1) is 5.69 Å². The highest BCUT2D eigenvalue weighted by molar-refractivity contribution is 7.09. The smallest absolute Gasteiger partial charge is 0.119 e. The Labute approximate surface area is 117 Å². The van der Waals surface area contributed by atoms with Crippen LogP contribution in [0.4, 0.5) is 0 Å². The molecular weight excluding hydrogens is 258 g/mol. The summed E-state index contributed by atoms with van der Waals surface area (Å²) >= 11 is 1.59. The van der Waals surface area contributed by atoms with Crippen molar-refractivity contribution < 1.29 is 4.74 Å². The topological polar surface area (TPSA) is 51.4 Å². The van der Waals surface area contributed by atoms with Gasteiger partial charge in [0, 0.05) is 24.0 Å². The average molecular weight is 277 g/mol. The number of hydrogen-bond acceptors (Lipinski definition) is 5. The van der Waals surface area contributed by atoms with E-state index in [4.69, 9.17) is 10.5 Å². The lowest BCUT2D eigenvalue weighted by molar-refractivity contribution is 0.261. The number of nitrogens with zero attached hydrogens (tertiary/aromatic N) is 2. The van der Waals surface area contributed by atoms with E-state index < -0.39 is 0 Å². The Kier molecular flexibility index (Phi) is 4.90. The van der Waals surface area contributed by atoms with Crippen LogP contribution in [0.3, 0.4) is 0 Å². The zero-order valence-electron chi connectivity index (χ0n) is 11.3. The predicted molar refractivity (Wildman–Crippen MR) is 79.5 cm³/mol. The predicted octanol–water partition coefficient (Wildman–Crippen LogP) is 2.21. The maximum Gasteiger partial charge on any atom is 0.119 e. The Morgan fingerprint density at radius 1 is 1.26 bits per heavy atom. The highest BCUT2D eigenvalue weighted by Gasteiger charge is 2.03. The van der Waals surface area contributed by atoms with Crippen molar-refractivity contribution in [3.05, 3.63) is 34.7 Å². The molecule has 0 radical (unpaired) electrons. The van der Waals surface area contributed by atoms with E-state index in [2.05, 4.69) is 9.88 Å². The Morgan fingerprint density at radius 2 is 2.00 bits per heavy atom. The number of aromatic nitrogens is 1. The zero-order valence-corrected chi connectivity index (χ0v) is 12.1. The van der Waals surface area contributed by atoms with Crippen LogP contribution in [-0.2, 0) is 6.54 Å². The molecule has 4 nitrogen and oxygen atoms in total. The number of benzene rings is 1. The first-order chi connectivity index (χ1) is 9.19. The minimum absolute atomic E-state index is 0.496. The van der Waals surface area contributed by atoms with E-state index in [1.807, 2.05) is 43.7 Å². The number of rotatable bonds is 6. The largest absolute Gasteiger partial charge is 0.492 e. The number of likely N-dealkylation sites (N-methyl/N-ethyl adjacent to an activating group) is 1. The molecule has 0 bridgehead atoms. The van der Waals surface area contributed by atoms with Crippen LogP contribution in [0.5, 0.6) is 5.75 Å². The summed E-state index contributed by atoms with van der Waals surface area (Å²) < 4.78 is 5.65. The van der Waals surface area contributed by atoms with Gasteiger partial charge in [0.25, 0.3) is 0 Å². The first kappa shape index (κ1) is 14.0. The molecule has 0 spiro atoms. The van der Waals surface area contributed by atoms with E-state index in [9.17, 15) is 0 Å². The molecular formula is C14H19N3OS. The van der Waals surface area contributed by atoms with Crippen molar-refractivity contribution >= 4 is 11.3 Å². The fourth-order valence-electron chi connectivity index (χ4n) is 1.61. The quantitative estimate of drug-likeness (QED) is 0.879. The molecule has 19 heavy (non-hydrogen) atoms. The highest BCUT2D eigenvalue weighted by atomic mass is 32.1. The third kappa shape index (κ3) is 4.02. The lowest BCUT2D eigenvalue weighted by Gasteiger charge is -2.11. The van der Waals surface area contributed by atoms with Crippen LogP contribution in [-0.4, -0.2) is 37.1 Å². The van der Waals surface area contributed by atoms with Gasteiger partial charge < -0.3 is 15.4 Å². The Bertz CT molecular complexity index is 508. The van der Waals surface area contributed by atoms with Crippen LogP contribution in [0.15, 0.2) is 29.6 Å². The van der Waals surface area contributed by atoms with E-state index in [-0.39, 0.29) is 0 Å². The van der Waals surface area contributed by atoms with Gasteiger partial charge in [0.1, 0.15) is 17.4 Å². The minimum Gasteiger partial charge on any atom is -0.492 e. The van der Waals surface area contributed by atoms with Crippen LogP contribution in [0, 0.1) is 0 Å². The Balaban J connectivity index is 1.97. The minimum atomic E-state index is 0.496. The molecule has 0 atom stereocenters. The molecule has 2 rings (SSSR count). The van der Waals surface area contributed by atoms with Gasteiger partial charge in [-0.1, -0.05) is 0 Å². The maximum absolute atomic E-state index is 5.65. The van der Waals surface area contributed by atoms with Crippen LogP contribution in [0.25, 0.3) is 11.3 Å². The second kappa shape index (κ2) is 6.65. The van der Waals surface area contributed by atoms with Gasteiger partial charge in [-0.05, 0) is 38.4 Å². The van der Waals surface area contributed by atoms with Crippen molar-refractivity contribution in [2.75, 3.05) is 27.2 Å². The summed E-state index contributed by atoms with van der Waals surface area (Å²) in [4.78, 5) is 6.56. The molecule has 1 heterocycles. The second-order valence-corrected chi connectivity index (χ2v) is 5.45. The van der Waals surface area contributed by atoms with E-state index >= 15 is 0 Å². The van der Waals surface area contributed by atoms with Gasteiger partial charge in [-0.15, -0.1) is 11.3 Å². The summed E-state index contributed by atoms with van der Waals surface area (Å²) in [6, 6.07) is 8.01. The first-order valence-corrected chi connectivity index (χ1v) is 7.09. The maximum atomic E-state index is 5.65. The summed E-state index contributed by atoms with van der Waals surface area (Å²) in [6.07, 6.45) is 0. The normalized spacial score (nSPS) is 10.9. The molecule has 2 N–H and O–H groups in total. The molecule has 102 valence electrons. The van der Waals surface area contributed by atoms with Crippen molar-refractivity contribution in [2.45, 2.75) is 6.54 Å². The average Bonchev–Trinajstić information content (AvgIpc) is 2.88. The standard InChI is InChI=1S/C14H19N3OS/c1-17(2)7-8-18-12-5-3-11(4-6-12)13-10-19-14(9-15)16-13/h3-6,10H,7-9,15H2,1-2H3. The highest BCUT2D eigenvalue weighted by Crippen LogP contribution is 2.24. The molecule has 5 heteroatoms. The molecule has 0 fully saturated rings. The number of nitrogens with two attached hydrogens (primary N) is 1. The van der Waals surface area contributed by atoms with Crippen molar-refractivity contribution in [3.63, 3.8) is 0 Å². The number of thiazole rings is 1. The fraction of sp³-hybridized carbons (Fsp3) is 0.357.